The van der Waals surface area contributed by atoms with Gasteiger partial charge in [-0.2, -0.15) is 9.40 Å². The molecule has 156 valence electrons. The van der Waals surface area contributed by atoms with E-state index in [-0.39, 0.29) is 11.6 Å². The molecule has 2 aliphatic rings. The third-order valence-corrected chi connectivity index (χ3v) is 8.50. The van der Waals surface area contributed by atoms with Gasteiger partial charge in [0.25, 0.3) is 5.56 Å². The van der Waals surface area contributed by atoms with Crippen molar-refractivity contribution in [1.29, 1.82) is 0 Å². The summed E-state index contributed by atoms with van der Waals surface area (Å²) in [6.07, 6.45) is 6.47. The van der Waals surface area contributed by atoms with Crippen LogP contribution in [0.25, 0.3) is 11.3 Å². The lowest BCUT2D eigenvalue weighted by atomic mass is 9.89. The summed E-state index contributed by atoms with van der Waals surface area (Å²) >= 11 is 0. The van der Waals surface area contributed by atoms with Crippen LogP contribution in [-0.4, -0.2) is 35.1 Å². The Bertz CT molecular complexity index is 1110. The topological polar surface area (TPSA) is 72.3 Å². The number of sulfonamides is 1. The van der Waals surface area contributed by atoms with E-state index in [9.17, 15) is 13.2 Å². The first-order chi connectivity index (χ1) is 13.8. The van der Waals surface area contributed by atoms with Crippen molar-refractivity contribution >= 4 is 10.0 Å². The first kappa shape index (κ1) is 20.3. The maximum Gasteiger partial charge on any atom is 0.269 e. The Kier molecular flexibility index (Phi) is 5.38. The number of aromatic nitrogens is 2. The summed E-state index contributed by atoms with van der Waals surface area (Å²) in [5.74, 6) is 0. The number of fused-ring (bicyclic) bond motifs is 1. The highest BCUT2D eigenvalue weighted by molar-refractivity contribution is 7.89. The van der Waals surface area contributed by atoms with Gasteiger partial charge in [0, 0.05) is 30.8 Å². The zero-order valence-corrected chi connectivity index (χ0v) is 18.3. The summed E-state index contributed by atoms with van der Waals surface area (Å²) in [5.41, 5.74) is 4.03. The minimum absolute atomic E-state index is 0.0141. The molecule has 0 N–H and O–H groups in total. The molecule has 0 spiro atoms. The van der Waals surface area contributed by atoms with E-state index in [0.29, 0.717) is 11.4 Å². The van der Waals surface area contributed by atoms with Gasteiger partial charge in [0.2, 0.25) is 10.0 Å². The van der Waals surface area contributed by atoms with E-state index in [1.165, 1.54) is 4.68 Å². The zero-order valence-electron chi connectivity index (χ0n) is 17.4. The number of rotatable bonds is 3. The predicted octanol–water partition coefficient (Wildman–Crippen LogP) is 3.20. The molecule has 0 bridgehead atoms. The molecule has 4 rings (SSSR count). The van der Waals surface area contributed by atoms with E-state index < -0.39 is 10.0 Å². The Morgan fingerprint density at radius 2 is 1.79 bits per heavy atom. The lowest BCUT2D eigenvalue weighted by Crippen LogP contribution is -2.42. The number of piperidine rings is 1. The maximum atomic E-state index is 13.5. The summed E-state index contributed by atoms with van der Waals surface area (Å²) in [7, 11) is -1.91. The molecule has 1 aliphatic carbocycles. The van der Waals surface area contributed by atoms with E-state index in [0.717, 1.165) is 72.9 Å². The highest BCUT2D eigenvalue weighted by Crippen LogP contribution is 2.33. The van der Waals surface area contributed by atoms with Crippen molar-refractivity contribution in [3.63, 3.8) is 0 Å². The standard InChI is InChI=1S/C22H29N3O3S/c1-15-11-12-17(14-20(15)29(27,28)25-13-7-6-8-16(25)2)21-18-9-4-5-10-19(18)22(26)24(3)23-21/h11-12,14,16H,4-10,13H2,1-3H3/t16-/m1/s1. The van der Waals surface area contributed by atoms with Crippen LogP contribution in [0.1, 0.15) is 55.7 Å². The van der Waals surface area contributed by atoms with Gasteiger partial charge in [0.15, 0.2) is 0 Å². The minimum Gasteiger partial charge on any atom is -0.268 e. The van der Waals surface area contributed by atoms with E-state index in [2.05, 4.69) is 5.10 Å². The summed E-state index contributed by atoms with van der Waals surface area (Å²) in [4.78, 5) is 12.9. The van der Waals surface area contributed by atoms with E-state index >= 15 is 0 Å². The van der Waals surface area contributed by atoms with Crippen molar-refractivity contribution in [3.05, 3.63) is 45.2 Å². The van der Waals surface area contributed by atoms with Crippen molar-refractivity contribution in [3.8, 4) is 11.3 Å². The molecule has 6 nitrogen and oxygen atoms in total. The van der Waals surface area contributed by atoms with Gasteiger partial charge in [0.1, 0.15) is 0 Å². The molecule has 1 saturated heterocycles. The average Bonchev–Trinajstić information content (AvgIpc) is 2.71. The summed E-state index contributed by atoms with van der Waals surface area (Å²) < 4.78 is 30.0. The SMILES string of the molecule is Cc1ccc(-c2nn(C)c(=O)c3c2CCCC3)cc1S(=O)(=O)N1CCCC[C@H]1C. The second-order valence-corrected chi connectivity index (χ2v) is 10.2. The molecule has 1 aromatic carbocycles. The lowest BCUT2D eigenvalue weighted by molar-refractivity contribution is 0.268. The molecule has 29 heavy (non-hydrogen) atoms. The molecule has 1 aromatic heterocycles. The van der Waals surface area contributed by atoms with Crippen LogP contribution >= 0.6 is 0 Å². The molecule has 0 radical (unpaired) electrons. The predicted molar refractivity (Wildman–Crippen MR) is 113 cm³/mol. The maximum absolute atomic E-state index is 13.5. The van der Waals surface area contributed by atoms with Crippen LogP contribution in [0.3, 0.4) is 0 Å². The van der Waals surface area contributed by atoms with Gasteiger partial charge in [0.05, 0.1) is 10.6 Å². The molecule has 1 aliphatic heterocycles. The molecule has 2 aromatic rings. The van der Waals surface area contributed by atoms with Gasteiger partial charge >= 0.3 is 0 Å². The summed E-state index contributed by atoms with van der Waals surface area (Å²) in [6, 6.07) is 5.56. The highest BCUT2D eigenvalue weighted by Gasteiger charge is 2.32. The zero-order chi connectivity index (χ0) is 20.8. The van der Waals surface area contributed by atoms with Crippen LogP contribution in [0.2, 0.25) is 0 Å². The largest absolute Gasteiger partial charge is 0.269 e. The Hall–Kier alpha value is -1.99. The van der Waals surface area contributed by atoms with E-state index in [4.69, 9.17) is 0 Å². The number of nitrogens with zero attached hydrogens (tertiary/aromatic N) is 3. The van der Waals surface area contributed by atoms with Crippen LogP contribution < -0.4 is 5.56 Å². The first-order valence-corrected chi connectivity index (χ1v) is 12.0. The molecule has 7 heteroatoms. The second kappa shape index (κ2) is 7.69. The summed E-state index contributed by atoms with van der Waals surface area (Å²) in [5, 5.41) is 4.53. The first-order valence-electron chi connectivity index (χ1n) is 10.5. The van der Waals surface area contributed by atoms with Gasteiger partial charge in [-0.05, 0) is 69.6 Å². The fourth-order valence-corrected chi connectivity index (χ4v) is 6.62. The smallest absolute Gasteiger partial charge is 0.268 e. The van der Waals surface area contributed by atoms with Gasteiger partial charge in [-0.3, -0.25) is 4.79 Å². The Balaban J connectivity index is 1.85. The monoisotopic (exact) mass is 415 g/mol. The van der Waals surface area contributed by atoms with E-state index in [1.807, 2.05) is 26.0 Å². The van der Waals surface area contributed by atoms with Crippen molar-refractivity contribution in [2.75, 3.05) is 6.54 Å². The van der Waals surface area contributed by atoms with Gasteiger partial charge < -0.3 is 0 Å². The van der Waals surface area contributed by atoms with Gasteiger partial charge in [-0.15, -0.1) is 0 Å². The Morgan fingerprint density at radius 1 is 1.07 bits per heavy atom. The molecular formula is C22H29N3O3S. The van der Waals surface area contributed by atoms with E-state index in [1.54, 1.807) is 17.4 Å². The van der Waals surface area contributed by atoms with Crippen molar-refractivity contribution in [2.24, 2.45) is 7.05 Å². The van der Waals surface area contributed by atoms with Crippen LogP contribution in [0.5, 0.6) is 0 Å². The van der Waals surface area contributed by atoms with Crippen LogP contribution in [0, 0.1) is 6.92 Å². The van der Waals surface area contributed by atoms with Gasteiger partial charge in [-0.1, -0.05) is 18.6 Å². The third-order valence-electron chi connectivity index (χ3n) is 6.35. The van der Waals surface area contributed by atoms with Crippen molar-refractivity contribution < 1.29 is 8.42 Å². The molecular weight excluding hydrogens is 386 g/mol. The molecule has 0 unspecified atom stereocenters. The molecule has 0 amide bonds. The van der Waals surface area contributed by atoms with Crippen LogP contribution in [0.15, 0.2) is 27.9 Å². The number of aryl methyl sites for hydroxylation is 2. The molecule has 2 heterocycles. The minimum atomic E-state index is -3.57. The number of hydrogen-bond donors (Lipinski definition) is 0. The molecule has 1 fully saturated rings. The normalized spacial score (nSPS) is 20.4. The number of hydrogen-bond acceptors (Lipinski definition) is 4. The Labute approximate surface area is 172 Å². The number of benzene rings is 1. The van der Waals surface area contributed by atoms with Crippen molar-refractivity contribution in [1.82, 2.24) is 14.1 Å². The van der Waals surface area contributed by atoms with Gasteiger partial charge in [-0.25, -0.2) is 13.1 Å². The Morgan fingerprint density at radius 3 is 2.52 bits per heavy atom. The summed E-state index contributed by atoms with van der Waals surface area (Å²) in [6.45, 7) is 4.40. The molecule has 0 saturated carbocycles. The second-order valence-electron chi connectivity index (χ2n) is 8.38. The highest BCUT2D eigenvalue weighted by atomic mass is 32.2. The average molecular weight is 416 g/mol. The molecule has 1 atom stereocenters. The fraction of sp³-hybridized carbons (Fsp3) is 0.545. The van der Waals surface area contributed by atoms with Crippen LogP contribution in [-0.2, 0) is 29.9 Å². The third kappa shape index (κ3) is 3.55. The lowest BCUT2D eigenvalue weighted by Gasteiger charge is -2.32. The fourth-order valence-electron chi connectivity index (χ4n) is 4.67. The van der Waals surface area contributed by atoms with Crippen LogP contribution in [0.4, 0.5) is 0 Å². The quantitative estimate of drug-likeness (QED) is 0.772. The van der Waals surface area contributed by atoms with Crippen molar-refractivity contribution in [2.45, 2.75) is 69.7 Å².